The number of nitrogens with zero attached hydrogens (tertiary/aromatic N) is 2. The highest BCUT2D eigenvalue weighted by atomic mass is 19.4. The summed E-state index contributed by atoms with van der Waals surface area (Å²) in [5.74, 6) is 0.402. The first-order valence-electron chi connectivity index (χ1n) is 6.69. The van der Waals surface area contributed by atoms with E-state index < -0.39 is 11.7 Å². The van der Waals surface area contributed by atoms with Crippen molar-refractivity contribution < 1.29 is 23.0 Å². The Kier molecular flexibility index (Phi) is 5.05. The largest absolute Gasteiger partial charge is 0.504 e. The lowest BCUT2D eigenvalue weighted by atomic mass is 10.2. The van der Waals surface area contributed by atoms with Crippen molar-refractivity contribution in [2.24, 2.45) is 5.10 Å². The fourth-order valence-electron chi connectivity index (χ4n) is 1.71. The maximum Gasteiger partial charge on any atom is 0.417 e. The van der Waals surface area contributed by atoms with E-state index in [4.69, 9.17) is 4.74 Å². The standard InChI is InChI=1S/C15H14F3N3O2/c1-2-23-12-5-3-4-10(14(12)22)8-20-21-13-7-6-11(9-19-13)15(16,17)18/h3-9,22H,2H2,1H3,(H,19,21)/b20-8+. The number of pyridine rings is 1. The van der Waals surface area contributed by atoms with Crippen molar-refractivity contribution in [2.75, 3.05) is 12.0 Å². The van der Waals surface area contributed by atoms with Gasteiger partial charge >= 0.3 is 6.18 Å². The molecule has 0 spiro atoms. The number of benzene rings is 1. The van der Waals surface area contributed by atoms with Crippen molar-refractivity contribution in [1.82, 2.24) is 4.98 Å². The molecule has 5 nitrogen and oxygen atoms in total. The van der Waals surface area contributed by atoms with Gasteiger partial charge in [0, 0.05) is 11.8 Å². The van der Waals surface area contributed by atoms with Crippen molar-refractivity contribution in [3.05, 3.63) is 47.7 Å². The molecule has 0 unspecified atom stereocenters. The number of ether oxygens (including phenoxy) is 1. The molecule has 122 valence electrons. The van der Waals surface area contributed by atoms with Crippen LogP contribution in [0.1, 0.15) is 18.1 Å². The van der Waals surface area contributed by atoms with Gasteiger partial charge in [-0.05, 0) is 31.2 Å². The van der Waals surface area contributed by atoms with Crippen molar-refractivity contribution in [2.45, 2.75) is 13.1 Å². The van der Waals surface area contributed by atoms with Crippen LogP contribution in [-0.4, -0.2) is 22.9 Å². The van der Waals surface area contributed by atoms with Crippen molar-refractivity contribution in [1.29, 1.82) is 0 Å². The Balaban J connectivity index is 2.06. The van der Waals surface area contributed by atoms with Crippen LogP contribution < -0.4 is 10.2 Å². The van der Waals surface area contributed by atoms with Crippen molar-refractivity contribution in [3.8, 4) is 11.5 Å². The highest BCUT2D eigenvalue weighted by Gasteiger charge is 2.30. The average Bonchev–Trinajstić information content (AvgIpc) is 2.51. The normalized spacial score (nSPS) is 11.7. The van der Waals surface area contributed by atoms with Crippen molar-refractivity contribution >= 4 is 12.0 Å². The van der Waals surface area contributed by atoms with E-state index in [-0.39, 0.29) is 11.6 Å². The summed E-state index contributed by atoms with van der Waals surface area (Å²) in [5.41, 5.74) is 2.05. The maximum atomic E-state index is 12.4. The lowest BCUT2D eigenvalue weighted by Crippen LogP contribution is -2.05. The number of hydrogen-bond donors (Lipinski definition) is 2. The van der Waals surface area contributed by atoms with Crippen LogP contribution in [0.15, 0.2) is 41.6 Å². The Hall–Kier alpha value is -2.77. The number of alkyl halides is 3. The molecule has 23 heavy (non-hydrogen) atoms. The molecule has 0 aliphatic heterocycles. The number of hydrogen-bond acceptors (Lipinski definition) is 5. The van der Waals surface area contributed by atoms with Crippen LogP contribution in [0.25, 0.3) is 0 Å². The molecule has 0 bridgehead atoms. The molecule has 0 aliphatic carbocycles. The zero-order valence-corrected chi connectivity index (χ0v) is 12.1. The Bertz CT molecular complexity index is 685. The minimum absolute atomic E-state index is 0.0692. The molecule has 0 saturated heterocycles. The lowest BCUT2D eigenvalue weighted by molar-refractivity contribution is -0.137. The topological polar surface area (TPSA) is 66.7 Å². The number of phenols is 1. The van der Waals surface area contributed by atoms with E-state index in [0.29, 0.717) is 24.1 Å². The van der Waals surface area contributed by atoms with E-state index in [0.717, 1.165) is 12.1 Å². The van der Waals surface area contributed by atoms with E-state index in [1.807, 2.05) is 0 Å². The first-order valence-corrected chi connectivity index (χ1v) is 6.69. The molecule has 8 heteroatoms. The number of phenolic OH excluding ortho intramolecular Hbond substituents is 1. The first-order chi connectivity index (χ1) is 10.9. The summed E-state index contributed by atoms with van der Waals surface area (Å²) in [6.07, 6.45) is -2.40. The molecule has 1 aromatic carbocycles. The molecule has 2 rings (SSSR count). The molecule has 0 fully saturated rings. The van der Waals surface area contributed by atoms with E-state index in [9.17, 15) is 18.3 Å². The van der Waals surface area contributed by atoms with Gasteiger partial charge in [0.15, 0.2) is 11.5 Å². The van der Waals surface area contributed by atoms with Gasteiger partial charge in [0.25, 0.3) is 0 Å². The van der Waals surface area contributed by atoms with Crippen LogP contribution in [0.4, 0.5) is 19.0 Å². The smallest absolute Gasteiger partial charge is 0.417 e. The third-order valence-corrected chi connectivity index (χ3v) is 2.80. The fourth-order valence-corrected chi connectivity index (χ4v) is 1.71. The van der Waals surface area contributed by atoms with Gasteiger partial charge in [0.05, 0.1) is 18.4 Å². The Morgan fingerprint density at radius 3 is 2.70 bits per heavy atom. The zero-order valence-electron chi connectivity index (χ0n) is 12.1. The minimum atomic E-state index is -4.43. The summed E-state index contributed by atoms with van der Waals surface area (Å²) >= 11 is 0. The zero-order chi connectivity index (χ0) is 16.9. The van der Waals surface area contributed by atoms with Gasteiger partial charge < -0.3 is 9.84 Å². The fraction of sp³-hybridized carbons (Fsp3) is 0.200. The van der Waals surface area contributed by atoms with Gasteiger partial charge in [0.2, 0.25) is 0 Å². The summed E-state index contributed by atoms with van der Waals surface area (Å²) in [6, 6.07) is 6.97. The summed E-state index contributed by atoms with van der Waals surface area (Å²) in [6.45, 7) is 2.19. The number of anilines is 1. The molecule has 0 amide bonds. The summed E-state index contributed by atoms with van der Waals surface area (Å²) in [5, 5.41) is 13.8. The van der Waals surface area contributed by atoms with E-state index >= 15 is 0 Å². The van der Waals surface area contributed by atoms with E-state index in [1.165, 1.54) is 6.21 Å². The van der Waals surface area contributed by atoms with Gasteiger partial charge in [-0.25, -0.2) is 4.98 Å². The second kappa shape index (κ2) is 6.99. The van der Waals surface area contributed by atoms with Crippen LogP contribution >= 0.6 is 0 Å². The van der Waals surface area contributed by atoms with Gasteiger partial charge in [-0.2, -0.15) is 18.3 Å². The predicted molar refractivity (Wildman–Crippen MR) is 79.7 cm³/mol. The highest BCUT2D eigenvalue weighted by molar-refractivity contribution is 5.85. The van der Waals surface area contributed by atoms with Gasteiger partial charge in [-0.3, -0.25) is 5.43 Å². The molecule has 1 heterocycles. The second-order valence-electron chi connectivity index (χ2n) is 4.43. The number of nitrogens with one attached hydrogen (secondary N) is 1. The number of aromatic nitrogens is 1. The quantitative estimate of drug-likeness (QED) is 0.650. The highest BCUT2D eigenvalue weighted by Crippen LogP contribution is 2.29. The maximum absolute atomic E-state index is 12.4. The minimum Gasteiger partial charge on any atom is -0.504 e. The molecule has 0 atom stereocenters. The van der Waals surface area contributed by atoms with E-state index in [1.54, 1.807) is 25.1 Å². The van der Waals surface area contributed by atoms with E-state index in [2.05, 4.69) is 15.5 Å². The number of halogens is 3. The number of aromatic hydroxyl groups is 1. The number of hydrazone groups is 1. The van der Waals surface area contributed by atoms with Crippen LogP contribution in [0.2, 0.25) is 0 Å². The Morgan fingerprint density at radius 2 is 2.09 bits per heavy atom. The molecular weight excluding hydrogens is 311 g/mol. The average molecular weight is 325 g/mol. The molecule has 1 aromatic heterocycles. The molecule has 2 aromatic rings. The van der Waals surface area contributed by atoms with Gasteiger partial charge in [-0.1, -0.05) is 6.07 Å². The summed E-state index contributed by atoms with van der Waals surface area (Å²) in [7, 11) is 0. The number of rotatable bonds is 5. The predicted octanol–water partition coefficient (Wildman–Crippen LogP) is 3.65. The molecule has 0 aliphatic rings. The summed E-state index contributed by atoms with van der Waals surface area (Å²) in [4.78, 5) is 3.61. The molecule has 0 radical (unpaired) electrons. The Morgan fingerprint density at radius 1 is 1.30 bits per heavy atom. The monoisotopic (exact) mass is 325 g/mol. The SMILES string of the molecule is CCOc1cccc(/C=N/Nc2ccc(C(F)(F)F)cn2)c1O. The van der Waals surface area contributed by atoms with Crippen LogP contribution in [0, 0.1) is 0 Å². The third kappa shape index (κ3) is 4.35. The Labute approximate surface area is 130 Å². The lowest BCUT2D eigenvalue weighted by Gasteiger charge is -2.07. The summed E-state index contributed by atoms with van der Waals surface area (Å²) < 4.78 is 42.5. The number of para-hydroxylation sites is 1. The third-order valence-electron chi connectivity index (χ3n) is 2.80. The first kappa shape index (κ1) is 16.6. The van der Waals surface area contributed by atoms with Crippen LogP contribution in [-0.2, 0) is 6.18 Å². The van der Waals surface area contributed by atoms with Crippen LogP contribution in [0.3, 0.4) is 0 Å². The second-order valence-corrected chi connectivity index (χ2v) is 4.43. The molecule has 2 N–H and O–H groups in total. The van der Waals surface area contributed by atoms with Gasteiger partial charge in [-0.15, -0.1) is 0 Å². The van der Waals surface area contributed by atoms with Crippen molar-refractivity contribution in [3.63, 3.8) is 0 Å². The van der Waals surface area contributed by atoms with Gasteiger partial charge in [0.1, 0.15) is 5.82 Å². The molecule has 0 saturated carbocycles. The van der Waals surface area contributed by atoms with Crippen LogP contribution in [0.5, 0.6) is 11.5 Å². The molecular formula is C15H14F3N3O2.